The number of amides is 1. The van der Waals surface area contributed by atoms with E-state index in [1.165, 1.54) is 18.2 Å². The van der Waals surface area contributed by atoms with Crippen LogP contribution in [0.4, 0.5) is 5.69 Å². The molecule has 0 spiro atoms. The highest BCUT2D eigenvalue weighted by atomic mass is 35.5. The van der Waals surface area contributed by atoms with E-state index in [0.29, 0.717) is 5.02 Å². The summed E-state index contributed by atoms with van der Waals surface area (Å²) < 4.78 is 0. The number of phenols is 1. The van der Waals surface area contributed by atoms with Crippen molar-refractivity contribution in [3.63, 3.8) is 0 Å². The Labute approximate surface area is 123 Å². The molecular weight excluding hydrogens is 312 g/mol. The number of aromatic nitrogens is 2. The normalized spacial score (nSPS) is 10.3. The second kappa shape index (κ2) is 5.61. The lowest BCUT2D eigenvalue weighted by molar-refractivity contribution is 0.102. The van der Waals surface area contributed by atoms with Crippen LogP contribution in [0.2, 0.25) is 15.3 Å². The number of hydrogen-bond donors (Lipinski definition) is 2. The Morgan fingerprint density at radius 1 is 1.16 bits per heavy atom. The Morgan fingerprint density at radius 3 is 2.42 bits per heavy atom. The van der Waals surface area contributed by atoms with Crippen molar-refractivity contribution in [2.75, 3.05) is 5.32 Å². The van der Waals surface area contributed by atoms with Gasteiger partial charge >= 0.3 is 0 Å². The van der Waals surface area contributed by atoms with Gasteiger partial charge in [0.2, 0.25) is 0 Å². The molecule has 0 saturated heterocycles. The van der Waals surface area contributed by atoms with E-state index in [-0.39, 0.29) is 27.3 Å². The van der Waals surface area contributed by atoms with E-state index in [1.54, 1.807) is 0 Å². The average molecular weight is 319 g/mol. The van der Waals surface area contributed by atoms with Crippen LogP contribution < -0.4 is 5.32 Å². The third-order valence-corrected chi connectivity index (χ3v) is 3.00. The number of aromatic hydroxyl groups is 1. The molecule has 2 rings (SSSR count). The zero-order valence-electron chi connectivity index (χ0n) is 9.19. The van der Waals surface area contributed by atoms with Crippen molar-refractivity contribution in [2.24, 2.45) is 0 Å². The first kappa shape index (κ1) is 13.9. The Morgan fingerprint density at radius 2 is 1.79 bits per heavy atom. The van der Waals surface area contributed by atoms with Gasteiger partial charge in [-0.1, -0.05) is 34.8 Å². The fourth-order valence-corrected chi connectivity index (χ4v) is 1.90. The third-order valence-electron chi connectivity index (χ3n) is 2.20. The molecule has 0 aliphatic rings. The van der Waals surface area contributed by atoms with Crippen LogP contribution in [0.5, 0.6) is 5.75 Å². The van der Waals surface area contributed by atoms with Crippen LogP contribution in [0.1, 0.15) is 10.4 Å². The molecule has 0 radical (unpaired) electrons. The Balaban J connectivity index is 2.34. The highest BCUT2D eigenvalue weighted by Crippen LogP contribution is 2.28. The van der Waals surface area contributed by atoms with Crippen molar-refractivity contribution >= 4 is 46.4 Å². The third kappa shape index (κ3) is 3.07. The van der Waals surface area contributed by atoms with Crippen LogP contribution in [0.25, 0.3) is 0 Å². The summed E-state index contributed by atoms with van der Waals surface area (Å²) in [6.07, 6.45) is 1.16. The maximum Gasteiger partial charge on any atom is 0.259 e. The Kier molecular flexibility index (Phi) is 4.09. The number of nitrogens with zero attached hydrogens (tertiary/aromatic N) is 2. The summed E-state index contributed by atoms with van der Waals surface area (Å²) in [5, 5.41) is 12.3. The summed E-state index contributed by atoms with van der Waals surface area (Å²) in [5.41, 5.74) is 0.0543. The zero-order chi connectivity index (χ0) is 14.0. The molecule has 19 heavy (non-hydrogen) atoms. The molecule has 0 saturated carbocycles. The van der Waals surface area contributed by atoms with Crippen LogP contribution in [-0.4, -0.2) is 21.0 Å². The predicted octanol–water partition coefficient (Wildman–Crippen LogP) is 3.39. The Bertz CT molecular complexity index is 629. The molecule has 0 aliphatic carbocycles. The monoisotopic (exact) mass is 317 g/mol. The van der Waals surface area contributed by atoms with E-state index in [1.807, 2.05) is 0 Å². The van der Waals surface area contributed by atoms with Crippen molar-refractivity contribution in [1.82, 2.24) is 9.97 Å². The molecule has 0 aliphatic heterocycles. The summed E-state index contributed by atoms with van der Waals surface area (Å²) in [6, 6.07) is 4.08. The SMILES string of the molecule is O=C(Nc1c(Cl)ncnc1Cl)c1cc(Cl)ccc1O. The number of hydrogen-bond acceptors (Lipinski definition) is 4. The van der Waals surface area contributed by atoms with Crippen molar-refractivity contribution in [3.8, 4) is 5.75 Å². The van der Waals surface area contributed by atoms with Gasteiger partial charge in [0.1, 0.15) is 17.8 Å². The smallest absolute Gasteiger partial charge is 0.259 e. The van der Waals surface area contributed by atoms with Gasteiger partial charge in [0, 0.05) is 5.02 Å². The molecule has 0 unspecified atom stereocenters. The molecule has 0 bridgehead atoms. The number of rotatable bonds is 2. The molecule has 0 atom stereocenters. The van der Waals surface area contributed by atoms with Gasteiger partial charge in [-0.15, -0.1) is 0 Å². The second-order valence-electron chi connectivity index (χ2n) is 3.45. The number of carbonyl (C=O) groups excluding carboxylic acids is 1. The molecule has 1 aromatic heterocycles. The largest absolute Gasteiger partial charge is 0.507 e. The van der Waals surface area contributed by atoms with E-state index < -0.39 is 5.91 Å². The van der Waals surface area contributed by atoms with Gasteiger partial charge in [-0.25, -0.2) is 9.97 Å². The van der Waals surface area contributed by atoms with Gasteiger partial charge in [0.05, 0.1) is 5.56 Å². The maximum absolute atomic E-state index is 12.0. The number of phenolic OH excluding ortho intramolecular Hbond substituents is 1. The summed E-state index contributed by atoms with van der Waals surface area (Å²) in [4.78, 5) is 19.4. The first-order valence-electron chi connectivity index (χ1n) is 4.95. The number of anilines is 1. The Hall–Kier alpha value is -1.56. The topological polar surface area (TPSA) is 75.1 Å². The highest BCUT2D eigenvalue weighted by Gasteiger charge is 2.16. The number of benzene rings is 1. The highest BCUT2D eigenvalue weighted by molar-refractivity contribution is 6.38. The van der Waals surface area contributed by atoms with E-state index in [2.05, 4.69) is 15.3 Å². The van der Waals surface area contributed by atoms with Gasteiger partial charge < -0.3 is 10.4 Å². The molecule has 2 N–H and O–H groups in total. The van der Waals surface area contributed by atoms with Gasteiger partial charge in [0.25, 0.3) is 5.91 Å². The quantitative estimate of drug-likeness (QED) is 0.832. The zero-order valence-corrected chi connectivity index (χ0v) is 11.5. The molecule has 2 aromatic rings. The molecule has 5 nitrogen and oxygen atoms in total. The number of nitrogens with one attached hydrogen (secondary N) is 1. The predicted molar refractivity (Wildman–Crippen MR) is 73.1 cm³/mol. The van der Waals surface area contributed by atoms with E-state index in [9.17, 15) is 9.90 Å². The number of carbonyl (C=O) groups is 1. The number of halogens is 3. The molecule has 8 heteroatoms. The molecule has 1 amide bonds. The fourth-order valence-electron chi connectivity index (χ4n) is 1.32. The first-order valence-corrected chi connectivity index (χ1v) is 6.08. The summed E-state index contributed by atoms with van der Waals surface area (Å²) in [5.74, 6) is -0.843. The van der Waals surface area contributed by atoms with Crippen LogP contribution >= 0.6 is 34.8 Å². The molecule has 98 valence electrons. The second-order valence-corrected chi connectivity index (χ2v) is 4.60. The molecule has 1 aromatic carbocycles. The molecule has 0 fully saturated rings. The van der Waals surface area contributed by atoms with Crippen molar-refractivity contribution < 1.29 is 9.90 Å². The summed E-state index contributed by atoms with van der Waals surface area (Å²) in [7, 11) is 0. The maximum atomic E-state index is 12.0. The summed E-state index contributed by atoms with van der Waals surface area (Å²) >= 11 is 17.3. The lowest BCUT2D eigenvalue weighted by Gasteiger charge is -2.09. The van der Waals surface area contributed by atoms with Crippen molar-refractivity contribution in [3.05, 3.63) is 45.4 Å². The van der Waals surface area contributed by atoms with Crippen LogP contribution in [0.3, 0.4) is 0 Å². The van der Waals surface area contributed by atoms with E-state index in [4.69, 9.17) is 34.8 Å². The van der Waals surface area contributed by atoms with Gasteiger partial charge in [0.15, 0.2) is 10.3 Å². The van der Waals surface area contributed by atoms with Crippen LogP contribution in [-0.2, 0) is 0 Å². The van der Waals surface area contributed by atoms with Crippen LogP contribution in [0.15, 0.2) is 24.5 Å². The average Bonchev–Trinajstić information content (AvgIpc) is 2.37. The lowest BCUT2D eigenvalue weighted by atomic mass is 10.2. The van der Waals surface area contributed by atoms with E-state index >= 15 is 0 Å². The van der Waals surface area contributed by atoms with Crippen molar-refractivity contribution in [1.29, 1.82) is 0 Å². The molecule has 1 heterocycles. The van der Waals surface area contributed by atoms with Gasteiger partial charge in [-0.3, -0.25) is 4.79 Å². The fraction of sp³-hybridized carbons (Fsp3) is 0. The van der Waals surface area contributed by atoms with E-state index in [0.717, 1.165) is 6.33 Å². The molecular formula is C11H6Cl3N3O2. The minimum absolute atomic E-state index is 0.00475. The lowest BCUT2D eigenvalue weighted by Crippen LogP contribution is -2.13. The minimum atomic E-state index is -0.626. The summed E-state index contributed by atoms with van der Waals surface area (Å²) in [6.45, 7) is 0. The first-order chi connectivity index (χ1) is 8.99. The van der Waals surface area contributed by atoms with Crippen LogP contribution in [0, 0.1) is 0 Å². The minimum Gasteiger partial charge on any atom is -0.507 e. The van der Waals surface area contributed by atoms with Gasteiger partial charge in [-0.05, 0) is 18.2 Å². The standard InChI is InChI=1S/C11H6Cl3N3O2/c12-5-1-2-7(18)6(3-5)11(19)17-8-9(13)15-4-16-10(8)14/h1-4,18H,(H,17,19). The van der Waals surface area contributed by atoms with Crippen molar-refractivity contribution in [2.45, 2.75) is 0 Å². The van der Waals surface area contributed by atoms with Gasteiger partial charge in [-0.2, -0.15) is 0 Å².